The Morgan fingerprint density at radius 2 is 1.83 bits per heavy atom. The first-order chi connectivity index (χ1) is 34.8. The Bertz CT molecular complexity index is 3110. The Kier molecular flexibility index (Phi) is 11.0. The summed E-state index contributed by atoms with van der Waals surface area (Å²) in [5, 5.41) is 17.2. The predicted molar refractivity (Wildman–Crippen MR) is 270 cm³/mol. The number of piperidine rings is 1. The van der Waals surface area contributed by atoms with E-state index in [-0.39, 0.29) is 81.8 Å². The number of sulfone groups is 1. The van der Waals surface area contributed by atoms with Crippen LogP contribution in [0, 0.1) is 15.5 Å². The Morgan fingerprint density at radius 1 is 1.00 bits per heavy atom. The molecule has 5 aromatic rings. The number of nitrogens with one attached hydrogen (secondary N) is 2. The van der Waals surface area contributed by atoms with E-state index in [0.29, 0.717) is 61.3 Å². The van der Waals surface area contributed by atoms with Gasteiger partial charge in [-0.3, -0.25) is 24.7 Å². The highest BCUT2D eigenvalue weighted by Gasteiger charge is 2.52. The fourth-order valence-electron chi connectivity index (χ4n) is 13.7. The highest BCUT2D eigenvalue weighted by Crippen LogP contribution is 2.56. The normalized spacial score (nSPS) is 26.8. The van der Waals surface area contributed by atoms with Crippen LogP contribution < -0.4 is 30.3 Å². The number of likely N-dealkylation sites (tertiary alicyclic amines) is 2. The molecule has 378 valence electrons. The molecule has 0 unspecified atom stereocenters. The van der Waals surface area contributed by atoms with E-state index in [2.05, 4.69) is 63.1 Å². The van der Waals surface area contributed by atoms with Gasteiger partial charge in [-0.05, 0) is 98.2 Å². The number of nitro groups is 1. The van der Waals surface area contributed by atoms with Crippen LogP contribution in [0.1, 0.15) is 92.2 Å². The molecule has 13 rings (SSSR count). The molecule has 4 N–H and O–H groups in total. The maximum absolute atomic E-state index is 16.1. The second-order valence-corrected chi connectivity index (χ2v) is 23.7. The van der Waals surface area contributed by atoms with E-state index in [1.165, 1.54) is 23.6 Å². The van der Waals surface area contributed by atoms with E-state index in [9.17, 15) is 14.9 Å². The fourth-order valence-corrected chi connectivity index (χ4v) is 15.4. The number of rotatable bonds is 11. The molecule has 9 heterocycles. The van der Waals surface area contributed by atoms with Crippen molar-refractivity contribution in [2.45, 2.75) is 117 Å². The largest absolute Gasteiger partial charge is 0.489 e. The van der Waals surface area contributed by atoms with E-state index in [1.54, 1.807) is 18.3 Å². The minimum atomic E-state index is -4.77. The van der Waals surface area contributed by atoms with Crippen molar-refractivity contribution in [2.75, 3.05) is 74.3 Å². The zero-order chi connectivity index (χ0) is 49.2. The fraction of sp³-hybridized carbons (Fsp3) is 0.509. The molecule has 72 heavy (non-hydrogen) atoms. The molecule has 1 aliphatic carbocycles. The SMILES string of the molecule is CC(C)c1ccccc1[C@@H]1CCCN1C1CC2(CCN(c3ccc(C(N)=O)c(N4c5cc6cc[nH]c6nc5O[C@@H]5COC[C@H]54)c3S(=O)(=O)c3cc4c(c([N+](=O)[O-])c3)N[C@@H](CN3C[C@@H]5C[C@H]3CO5)CO4)CC2)C1. The molecule has 1 spiro atoms. The molecule has 0 radical (unpaired) electrons. The number of hydrogen-bond donors (Lipinski definition) is 3. The molecule has 7 aliphatic heterocycles. The van der Waals surface area contributed by atoms with Gasteiger partial charge in [0.15, 0.2) is 11.4 Å². The summed E-state index contributed by atoms with van der Waals surface area (Å²) in [6.07, 6.45) is 8.51. The lowest BCUT2D eigenvalue weighted by molar-refractivity contribution is -0.384. The summed E-state index contributed by atoms with van der Waals surface area (Å²) in [6, 6.07) is 18.7. The lowest BCUT2D eigenvalue weighted by atomic mass is 9.59. The summed E-state index contributed by atoms with van der Waals surface area (Å²) in [7, 11) is -4.77. The maximum Gasteiger partial charge on any atom is 0.297 e. The molecule has 1 amide bonds. The summed E-state index contributed by atoms with van der Waals surface area (Å²) in [5.41, 5.74) is 10.4. The Labute approximate surface area is 418 Å². The minimum Gasteiger partial charge on any atom is -0.489 e. The second kappa shape index (κ2) is 17.3. The number of fused-ring (bicyclic) bond motifs is 6. The zero-order valence-electron chi connectivity index (χ0n) is 40.6. The lowest BCUT2D eigenvalue weighted by Gasteiger charge is -2.56. The van der Waals surface area contributed by atoms with Crippen molar-refractivity contribution >= 4 is 55.2 Å². The van der Waals surface area contributed by atoms with Crippen LogP contribution in [0.15, 0.2) is 76.7 Å². The van der Waals surface area contributed by atoms with Gasteiger partial charge in [0.25, 0.3) is 11.6 Å². The molecule has 2 bridgehead atoms. The molecule has 6 atom stereocenters. The molecule has 8 aliphatic rings. The van der Waals surface area contributed by atoms with Gasteiger partial charge in [-0.1, -0.05) is 38.1 Å². The molecule has 6 fully saturated rings. The van der Waals surface area contributed by atoms with E-state index in [1.807, 2.05) is 17.0 Å². The average molecular weight is 1000 g/mol. The number of aromatic nitrogens is 2. The molecule has 5 saturated heterocycles. The molecule has 3 aromatic carbocycles. The van der Waals surface area contributed by atoms with E-state index in [4.69, 9.17) is 29.7 Å². The maximum atomic E-state index is 16.1. The number of nitrogens with zero attached hydrogens (tertiary/aromatic N) is 6. The van der Waals surface area contributed by atoms with Crippen molar-refractivity contribution in [3.63, 3.8) is 0 Å². The minimum absolute atomic E-state index is 0.0336. The van der Waals surface area contributed by atoms with Gasteiger partial charge in [0.05, 0.1) is 64.8 Å². The third-order valence-electron chi connectivity index (χ3n) is 17.3. The first-order valence-corrected chi connectivity index (χ1v) is 27.2. The topological polar surface area (TPSA) is 211 Å². The number of ether oxygens (including phenoxy) is 4. The molecule has 19 heteroatoms. The van der Waals surface area contributed by atoms with E-state index < -0.39 is 38.5 Å². The molecule has 18 nitrogen and oxygen atoms in total. The van der Waals surface area contributed by atoms with Gasteiger partial charge in [0.2, 0.25) is 15.7 Å². The monoisotopic (exact) mass is 999 g/mol. The smallest absolute Gasteiger partial charge is 0.297 e. The summed E-state index contributed by atoms with van der Waals surface area (Å²) in [4.78, 5) is 42.8. The van der Waals surface area contributed by atoms with Crippen LogP contribution in [-0.4, -0.2) is 135 Å². The van der Waals surface area contributed by atoms with E-state index in [0.717, 1.165) is 63.1 Å². The number of nitro benzene ring substituents is 1. The van der Waals surface area contributed by atoms with Crippen molar-refractivity contribution in [3.8, 4) is 11.6 Å². The zero-order valence-corrected chi connectivity index (χ0v) is 41.4. The van der Waals surface area contributed by atoms with Crippen LogP contribution in [0.3, 0.4) is 0 Å². The molecular weight excluding hydrogens is 939 g/mol. The number of anilines is 4. The number of amides is 1. The Morgan fingerprint density at radius 3 is 2.60 bits per heavy atom. The standard InChI is InChI=1S/C53H61N9O9S/c1-30(2)37-6-3-4-7-38(37)40-8-5-15-60(40)34-22-53(23-34)12-16-58(17-13-53)41-10-9-39(50(54)63)48(61-43-18-31-11-14-55-51(31)57-52(43)71-46-29-68-28-44(46)61)49(41)72(66,67)36-20-42(62(64)65)47-45(21-36)70-26-32(56-47)24-59-25-35-19-33(59)27-69-35/h3-4,6-7,9-11,14,18,20-21,30,32-35,40,44,46,56H,5,8,12-13,15-17,19,22-29H2,1-2H3,(H2,54,63)(H,55,57)/t32-,33-,35-,40-,44+,46+/m0/s1. The van der Waals surface area contributed by atoms with Gasteiger partial charge in [-0.25, -0.2) is 8.42 Å². The predicted octanol–water partition coefficient (Wildman–Crippen LogP) is 7.06. The second-order valence-electron chi connectivity index (χ2n) is 21.8. The highest BCUT2D eigenvalue weighted by atomic mass is 32.2. The Hall–Kier alpha value is -5.99. The number of aromatic amines is 1. The van der Waals surface area contributed by atoms with Gasteiger partial charge in [-0.15, -0.1) is 0 Å². The number of morpholine rings is 1. The number of nitrogens with two attached hydrogens (primary N) is 1. The van der Waals surface area contributed by atoms with Gasteiger partial charge in [-0.2, -0.15) is 4.98 Å². The highest BCUT2D eigenvalue weighted by molar-refractivity contribution is 7.91. The number of carbonyl (C=O) groups is 1. The van der Waals surface area contributed by atoms with Crippen LogP contribution >= 0.6 is 0 Å². The number of primary amides is 1. The van der Waals surface area contributed by atoms with Crippen LogP contribution in [0.4, 0.5) is 28.4 Å². The Balaban J connectivity index is 0.883. The number of hydrogen-bond acceptors (Lipinski definition) is 15. The van der Waals surface area contributed by atoms with Crippen molar-refractivity contribution in [1.29, 1.82) is 0 Å². The van der Waals surface area contributed by atoms with Crippen LogP contribution in [-0.2, 0) is 19.3 Å². The van der Waals surface area contributed by atoms with Crippen molar-refractivity contribution in [1.82, 2.24) is 19.8 Å². The van der Waals surface area contributed by atoms with Crippen LogP contribution in [0.5, 0.6) is 11.6 Å². The third kappa shape index (κ3) is 7.51. The molecule has 2 aromatic heterocycles. The van der Waals surface area contributed by atoms with Crippen molar-refractivity contribution in [2.24, 2.45) is 11.1 Å². The van der Waals surface area contributed by atoms with Crippen molar-refractivity contribution in [3.05, 3.63) is 93.7 Å². The van der Waals surface area contributed by atoms with Gasteiger partial charge in [0.1, 0.15) is 28.9 Å². The number of pyridine rings is 1. The molecule has 1 saturated carbocycles. The summed E-state index contributed by atoms with van der Waals surface area (Å²) < 4.78 is 56.8. The first-order valence-electron chi connectivity index (χ1n) is 25.7. The first kappa shape index (κ1) is 45.8. The van der Waals surface area contributed by atoms with Gasteiger partial charge >= 0.3 is 0 Å². The lowest BCUT2D eigenvalue weighted by Crippen LogP contribution is -2.55. The van der Waals surface area contributed by atoms with Crippen LogP contribution in [0.2, 0.25) is 0 Å². The summed E-state index contributed by atoms with van der Waals surface area (Å²) in [5.74, 6) is -0.0940. The van der Waals surface area contributed by atoms with Gasteiger partial charge in [0, 0.05) is 68.0 Å². The number of benzene rings is 3. The molecular formula is C53H61N9O9S. The number of carbonyl (C=O) groups excluding carboxylic acids is 1. The quantitative estimate of drug-likeness (QED) is 0.0894. The van der Waals surface area contributed by atoms with E-state index >= 15 is 8.42 Å². The number of H-pyrrole nitrogens is 1. The summed E-state index contributed by atoms with van der Waals surface area (Å²) >= 11 is 0. The van der Waals surface area contributed by atoms with Crippen LogP contribution in [0.25, 0.3) is 11.0 Å². The summed E-state index contributed by atoms with van der Waals surface area (Å²) in [6.45, 7) is 9.31. The average Bonchev–Trinajstić information content (AvgIpc) is 4.24. The van der Waals surface area contributed by atoms with Gasteiger partial charge < -0.3 is 44.8 Å². The third-order valence-corrected chi connectivity index (χ3v) is 19.1. The van der Waals surface area contributed by atoms with Crippen molar-refractivity contribution < 1.29 is 37.1 Å².